The number of hydrogen-bond acceptors (Lipinski definition) is 6. The van der Waals surface area contributed by atoms with E-state index in [0.717, 1.165) is 44.9 Å². The fourth-order valence-corrected chi connectivity index (χ4v) is 2.48. The molecule has 0 aliphatic rings. The summed E-state index contributed by atoms with van der Waals surface area (Å²) in [6.45, 7) is 0.397. The lowest BCUT2D eigenvalue weighted by Gasteiger charge is -2.02. The minimum atomic E-state index is -3.78. The van der Waals surface area contributed by atoms with E-state index in [1.807, 2.05) is 0 Å². The second-order valence-corrected chi connectivity index (χ2v) is 6.36. The summed E-state index contributed by atoms with van der Waals surface area (Å²) in [5.74, 6) is -0.125. The summed E-state index contributed by atoms with van der Waals surface area (Å²) in [5, 5.41) is 14.9. The van der Waals surface area contributed by atoms with E-state index in [4.69, 9.17) is 9.81 Å². The van der Waals surface area contributed by atoms with E-state index in [-0.39, 0.29) is 5.75 Å². The van der Waals surface area contributed by atoms with Crippen molar-refractivity contribution in [2.75, 3.05) is 12.4 Å². The molecule has 0 aromatic heterocycles. The lowest BCUT2D eigenvalue weighted by Crippen LogP contribution is -2.03. The molecule has 0 aliphatic carbocycles. The monoisotopic (exact) mass is 314 g/mol. The fourth-order valence-electron chi connectivity index (χ4n) is 1.92. The van der Waals surface area contributed by atoms with Crippen molar-refractivity contribution in [1.82, 2.24) is 0 Å². The van der Waals surface area contributed by atoms with Gasteiger partial charge < -0.3 is 0 Å². The van der Waals surface area contributed by atoms with Crippen molar-refractivity contribution in [1.29, 1.82) is 0 Å². The molecule has 0 aliphatic heterocycles. The predicted molar refractivity (Wildman–Crippen MR) is 73.3 cm³/mol. The van der Waals surface area contributed by atoms with Crippen molar-refractivity contribution in [3.05, 3.63) is 0 Å². The van der Waals surface area contributed by atoms with Gasteiger partial charge in [-0.15, -0.1) is 0 Å². The van der Waals surface area contributed by atoms with Crippen LogP contribution in [0.2, 0.25) is 0 Å². The van der Waals surface area contributed by atoms with Gasteiger partial charge in [0.25, 0.3) is 10.1 Å². The molecule has 20 heavy (non-hydrogen) atoms. The van der Waals surface area contributed by atoms with Gasteiger partial charge in [0.05, 0.1) is 12.4 Å². The van der Waals surface area contributed by atoms with Gasteiger partial charge in [-0.2, -0.15) is 8.42 Å². The quantitative estimate of drug-likeness (QED) is 0.207. The van der Waals surface area contributed by atoms with E-state index >= 15 is 0 Å². The van der Waals surface area contributed by atoms with E-state index < -0.39 is 10.1 Å². The van der Waals surface area contributed by atoms with Crippen LogP contribution >= 0.6 is 0 Å². The first kappa shape index (κ1) is 19.8. The van der Waals surface area contributed by atoms with Crippen molar-refractivity contribution < 1.29 is 33.2 Å². The van der Waals surface area contributed by atoms with Crippen LogP contribution in [-0.4, -0.2) is 30.6 Å². The minimum absolute atomic E-state index is 0.125. The van der Waals surface area contributed by atoms with E-state index in [1.54, 1.807) is 0 Å². The lowest BCUT2D eigenvalue weighted by molar-refractivity contribution is -0.623. The van der Waals surface area contributed by atoms with E-state index in [9.17, 15) is 8.42 Å². The van der Waals surface area contributed by atoms with Crippen LogP contribution in [0.4, 0.5) is 0 Å². The molecule has 0 saturated heterocycles. The summed E-state index contributed by atoms with van der Waals surface area (Å²) >= 11 is 0. The first-order valence-electron chi connectivity index (χ1n) is 7.11. The average Bonchev–Trinajstić information content (AvgIpc) is 2.38. The van der Waals surface area contributed by atoms with Crippen LogP contribution in [0.25, 0.3) is 0 Å². The molecule has 0 bridgehead atoms. The SMILES string of the molecule is O=S(=O)(O)CCCCCCCCCCCCOOOO. The molecular weight excluding hydrogens is 288 g/mol. The number of rotatable bonds is 15. The summed E-state index contributed by atoms with van der Waals surface area (Å²) in [4.78, 5) is 4.46. The van der Waals surface area contributed by atoms with Crippen LogP contribution in [0.1, 0.15) is 64.2 Å². The van der Waals surface area contributed by atoms with E-state index in [0.29, 0.717) is 13.0 Å². The molecule has 0 aromatic carbocycles. The highest BCUT2D eigenvalue weighted by atomic mass is 32.2. The molecule has 0 heterocycles. The van der Waals surface area contributed by atoms with Crippen molar-refractivity contribution in [3.8, 4) is 0 Å². The Hall–Kier alpha value is -0.250. The van der Waals surface area contributed by atoms with Crippen LogP contribution in [0.3, 0.4) is 0 Å². The van der Waals surface area contributed by atoms with Crippen molar-refractivity contribution >= 4 is 10.1 Å². The molecule has 2 N–H and O–H groups in total. The van der Waals surface area contributed by atoms with Crippen LogP contribution in [0.5, 0.6) is 0 Å². The van der Waals surface area contributed by atoms with Gasteiger partial charge in [0.1, 0.15) is 0 Å². The molecule has 0 rings (SSSR count). The van der Waals surface area contributed by atoms with Gasteiger partial charge in [-0.05, 0) is 22.9 Å². The van der Waals surface area contributed by atoms with Crippen molar-refractivity contribution in [2.45, 2.75) is 64.2 Å². The van der Waals surface area contributed by atoms with Crippen molar-refractivity contribution in [3.63, 3.8) is 0 Å². The van der Waals surface area contributed by atoms with Gasteiger partial charge in [0.2, 0.25) is 0 Å². The molecule has 0 atom stereocenters. The lowest BCUT2D eigenvalue weighted by atomic mass is 10.1. The highest BCUT2D eigenvalue weighted by Crippen LogP contribution is 2.11. The molecule has 8 heteroatoms. The minimum Gasteiger partial charge on any atom is -0.286 e. The average molecular weight is 314 g/mol. The third-order valence-electron chi connectivity index (χ3n) is 2.96. The van der Waals surface area contributed by atoms with Crippen LogP contribution in [0.15, 0.2) is 0 Å². The molecular formula is C12H26O7S. The second kappa shape index (κ2) is 13.7. The summed E-state index contributed by atoms with van der Waals surface area (Å²) < 4.78 is 29.5. The van der Waals surface area contributed by atoms with E-state index in [1.165, 1.54) is 12.8 Å². The molecule has 0 fully saturated rings. The van der Waals surface area contributed by atoms with Gasteiger partial charge in [-0.3, -0.25) is 4.55 Å². The molecule has 0 aromatic rings. The van der Waals surface area contributed by atoms with Gasteiger partial charge in [0.15, 0.2) is 0 Å². The van der Waals surface area contributed by atoms with Crippen LogP contribution < -0.4 is 0 Å². The molecule has 0 spiro atoms. The maximum atomic E-state index is 10.5. The molecule has 0 saturated carbocycles. The maximum absolute atomic E-state index is 10.5. The Morgan fingerprint density at radius 1 is 0.750 bits per heavy atom. The fraction of sp³-hybridized carbons (Fsp3) is 1.00. The van der Waals surface area contributed by atoms with Crippen LogP contribution in [-0.2, 0) is 25.1 Å². The van der Waals surface area contributed by atoms with Crippen molar-refractivity contribution in [2.24, 2.45) is 0 Å². The zero-order valence-electron chi connectivity index (χ0n) is 11.8. The summed E-state index contributed by atoms with van der Waals surface area (Å²) in [6.07, 6.45) is 10.1. The standard InChI is InChI=1S/C12H26O7S/c13-18-19-17-11-9-7-5-3-1-2-4-6-8-10-12-20(14,15)16/h13H,1-12H2,(H,14,15,16). The Morgan fingerprint density at radius 3 is 1.65 bits per heavy atom. The Kier molecular flexibility index (Phi) is 13.5. The summed E-state index contributed by atoms with van der Waals surface area (Å²) in [5.41, 5.74) is 0. The Labute approximate surface area is 120 Å². The smallest absolute Gasteiger partial charge is 0.264 e. The van der Waals surface area contributed by atoms with E-state index in [2.05, 4.69) is 15.0 Å². The van der Waals surface area contributed by atoms with Gasteiger partial charge in [0, 0.05) is 0 Å². The third-order valence-corrected chi connectivity index (χ3v) is 3.76. The highest BCUT2D eigenvalue weighted by molar-refractivity contribution is 7.85. The third kappa shape index (κ3) is 17.8. The molecule has 0 unspecified atom stereocenters. The zero-order valence-corrected chi connectivity index (χ0v) is 12.6. The first-order valence-corrected chi connectivity index (χ1v) is 8.72. The molecule has 122 valence electrons. The summed E-state index contributed by atoms with van der Waals surface area (Å²) in [6, 6.07) is 0. The van der Waals surface area contributed by atoms with Crippen LogP contribution in [0, 0.1) is 0 Å². The van der Waals surface area contributed by atoms with Gasteiger partial charge in [-0.1, -0.05) is 51.4 Å². The molecule has 0 amide bonds. The molecule has 7 nitrogen and oxygen atoms in total. The first-order chi connectivity index (χ1) is 9.56. The Balaban J connectivity index is 3.03. The topological polar surface area (TPSA) is 102 Å². The number of hydrogen-bond donors (Lipinski definition) is 2. The Morgan fingerprint density at radius 2 is 1.20 bits per heavy atom. The zero-order chi connectivity index (χ0) is 15.1. The highest BCUT2D eigenvalue weighted by Gasteiger charge is 2.02. The molecule has 0 radical (unpaired) electrons. The maximum Gasteiger partial charge on any atom is 0.264 e. The Bertz CT molecular complexity index is 292. The van der Waals surface area contributed by atoms with Gasteiger partial charge in [-0.25, -0.2) is 10.1 Å². The largest absolute Gasteiger partial charge is 0.286 e. The predicted octanol–water partition coefficient (Wildman–Crippen LogP) is 3.13. The summed E-state index contributed by atoms with van der Waals surface area (Å²) in [7, 11) is -3.78. The number of unbranched alkanes of at least 4 members (excludes halogenated alkanes) is 9. The second-order valence-electron chi connectivity index (χ2n) is 4.79. The normalized spacial score (nSPS) is 11.9. The van der Waals surface area contributed by atoms with Gasteiger partial charge >= 0.3 is 0 Å².